The van der Waals surface area contributed by atoms with E-state index in [1.165, 1.54) is 0 Å². The van der Waals surface area contributed by atoms with Crippen LogP contribution in [0.25, 0.3) is 0 Å². The van der Waals surface area contributed by atoms with Crippen molar-refractivity contribution in [2.75, 3.05) is 13.1 Å². The van der Waals surface area contributed by atoms with E-state index in [1.807, 2.05) is 0 Å². The van der Waals surface area contributed by atoms with Crippen LogP contribution in [0.4, 0.5) is 13.2 Å². The van der Waals surface area contributed by atoms with Crippen LogP contribution < -0.4 is 0 Å². The molecule has 1 aromatic heterocycles. The second-order valence-corrected chi connectivity index (χ2v) is 6.35. The average Bonchev–Trinajstić information content (AvgIpc) is 3.18. The summed E-state index contributed by atoms with van der Waals surface area (Å²) in [4.78, 5) is 14.2. The Hall–Kier alpha value is -1.79. The van der Waals surface area contributed by atoms with Crippen molar-refractivity contribution in [2.45, 2.75) is 44.2 Å². The molecular formula is C16H20F3N3O. The Morgan fingerprint density at radius 3 is 2.87 bits per heavy atom. The van der Waals surface area contributed by atoms with Crippen LogP contribution in [-0.4, -0.2) is 34.1 Å². The summed E-state index contributed by atoms with van der Waals surface area (Å²) < 4.78 is 37.9. The van der Waals surface area contributed by atoms with Gasteiger partial charge in [-0.05, 0) is 37.7 Å². The minimum absolute atomic E-state index is 0.0989. The fourth-order valence-electron chi connectivity index (χ4n) is 3.37. The SMILES string of the molecule is O=C(C[C@@H]1C=CCC1)N1CCC[C@@H](c2cc(C(F)(F)F)n[nH]2)C1. The number of hydrogen-bond acceptors (Lipinski definition) is 2. The van der Waals surface area contributed by atoms with Crippen LogP contribution in [0.1, 0.15) is 49.4 Å². The molecule has 3 rings (SSSR count). The zero-order valence-corrected chi connectivity index (χ0v) is 12.8. The molecule has 1 saturated heterocycles. The predicted octanol–water partition coefficient (Wildman–Crippen LogP) is 3.49. The lowest BCUT2D eigenvalue weighted by Gasteiger charge is -2.32. The van der Waals surface area contributed by atoms with E-state index in [4.69, 9.17) is 0 Å². The number of likely N-dealkylation sites (tertiary alicyclic amines) is 1. The molecule has 2 heterocycles. The zero-order chi connectivity index (χ0) is 16.4. The Morgan fingerprint density at radius 2 is 2.22 bits per heavy atom. The lowest BCUT2D eigenvalue weighted by atomic mass is 9.93. The highest BCUT2D eigenvalue weighted by Gasteiger charge is 2.35. The summed E-state index contributed by atoms with van der Waals surface area (Å²) in [6.07, 6.45) is 3.86. The molecule has 0 bridgehead atoms. The number of aromatic nitrogens is 2. The van der Waals surface area contributed by atoms with Crippen molar-refractivity contribution in [3.63, 3.8) is 0 Å². The van der Waals surface area contributed by atoms with E-state index < -0.39 is 11.9 Å². The van der Waals surface area contributed by atoms with Crippen molar-refractivity contribution in [1.29, 1.82) is 0 Å². The van der Waals surface area contributed by atoms with Crippen LogP contribution in [-0.2, 0) is 11.0 Å². The van der Waals surface area contributed by atoms with E-state index in [9.17, 15) is 18.0 Å². The number of allylic oxidation sites excluding steroid dienone is 2. The van der Waals surface area contributed by atoms with Crippen LogP contribution in [0, 0.1) is 5.92 Å². The van der Waals surface area contributed by atoms with Crippen LogP contribution in [0.5, 0.6) is 0 Å². The standard InChI is InChI=1S/C16H20F3N3O/c17-16(18,19)14-9-13(20-21-14)12-6-3-7-22(10-12)15(23)8-11-4-1-2-5-11/h1,4,9,11-12H,2-3,5-8,10H2,(H,20,21)/t11-,12-/m1/s1. The minimum Gasteiger partial charge on any atom is -0.342 e. The number of H-pyrrole nitrogens is 1. The maximum atomic E-state index is 12.6. The van der Waals surface area contributed by atoms with E-state index in [-0.39, 0.29) is 11.8 Å². The average molecular weight is 327 g/mol. The van der Waals surface area contributed by atoms with Crippen LogP contribution >= 0.6 is 0 Å². The molecule has 2 atom stereocenters. The first-order valence-electron chi connectivity index (χ1n) is 8.00. The summed E-state index contributed by atoms with van der Waals surface area (Å²) in [5.74, 6) is 0.309. The summed E-state index contributed by atoms with van der Waals surface area (Å²) in [5.41, 5.74) is -0.428. The molecule has 1 aliphatic heterocycles. The Kier molecular flexibility index (Phi) is 4.46. The van der Waals surface area contributed by atoms with Crippen LogP contribution in [0.3, 0.4) is 0 Å². The van der Waals surface area contributed by atoms with Gasteiger partial charge in [-0.25, -0.2) is 0 Å². The number of piperidine rings is 1. The third-order valence-electron chi connectivity index (χ3n) is 4.65. The van der Waals surface area contributed by atoms with Gasteiger partial charge in [-0.2, -0.15) is 18.3 Å². The number of amides is 1. The second kappa shape index (κ2) is 6.37. The fraction of sp³-hybridized carbons (Fsp3) is 0.625. The van der Waals surface area contributed by atoms with Gasteiger partial charge in [0.25, 0.3) is 0 Å². The van der Waals surface area contributed by atoms with Gasteiger partial charge >= 0.3 is 6.18 Å². The fourth-order valence-corrected chi connectivity index (χ4v) is 3.37. The molecule has 1 aromatic rings. The Balaban J connectivity index is 1.62. The molecule has 1 amide bonds. The molecule has 4 nitrogen and oxygen atoms in total. The van der Waals surface area contributed by atoms with E-state index in [2.05, 4.69) is 22.3 Å². The Bertz CT molecular complexity index is 594. The molecule has 126 valence electrons. The van der Waals surface area contributed by atoms with Crippen molar-refractivity contribution < 1.29 is 18.0 Å². The molecule has 1 N–H and O–H groups in total. The van der Waals surface area contributed by atoms with Crippen LogP contribution in [0.15, 0.2) is 18.2 Å². The highest BCUT2D eigenvalue weighted by molar-refractivity contribution is 5.77. The van der Waals surface area contributed by atoms with Crippen molar-refractivity contribution >= 4 is 5.91 Å². The third kappa shape index (κ3) is 3.76. The lowest BCUT2D eigenvalue weighted by molar-refractivity contribution is -0.141. The number of rotatable bonds is 3. The second-order valence-electron chi connectivity index (χ2n) is 6.35. The molecular weight excluding hydrogens is 307 g/mol. The number of alkyl halides is 3. The first kappa shape index (κ1) is 16.1. The molecule has 1 aliphatic carbocycles. The number of nitrogens with one attached hydrogen (secondary N) is 1. The molecule has 2 aliphatic rings. The van der Waals surface area contributed by atoms with Gasteiger partial charge in [-0.1, -0.05) is 12.2 Å². The molecule has 7 heteroatoms. The van der Waals surface area contributed by atoms with E-state index in [0.29, 0.717) is 31.1 Å². The van der Waals surface area contributed by atoms with Gasteiger partial charge in [0.2, 0.25) is 5.91 Å². The molecule has 1 fully saturated rings. The molecule has 23 heavy (non-hydrogen) atoms. The molecule has 0 radical (unpaired) electrons. The lowest BCUT2D eigenvalue weighted by Crippen LogP contribution is -2.39. The normalized spacial score (nSPS) is 25.1. The summed E-state index contributed by atoms with van der Waals surface area (Å²) in [6.45, 7) is 1.15. The third-order valence-corrected chi connectivity index (χ3v) is 4.65. The summed E-state index contributed by atoms with van der Waals surface area (Å²) in [5, 5.41) is 5.85. The quantitative estimate of drug-likeness (QED) is 0.864. The topological polar surface area (TPSA) is 49.0 Å². The first-order chi connectivity index (χ1) is 10.9. The number of carbonyl (C=O) groups is 1. The zero-order valence-electron chi connectivity index (χ0n) is 12.8. The summed E-state index contributed by atoms with van der Waals surface area (Å²) in [7, 11) is 0. The summed E-state index contributed by atoms with van der Waals surface area (Å²) in [6, 6.07) is 1.07. The number of nitrogens with zero attached hydrogens (tertiary/aromatic N) is 2. The monoisotopic (exact) mass is 327 g/mol. The maximum Gasteiger partial charge on any atom is 0.435 e. The highest BCUT2D eigenvalue weighted by atomic mass is 19.4. The molecule has 0 saturated carbocycles. The van der Waals surface area contributed by atoms with Crippen molar-refractivity contribution in [3.8, 4) is 0 Å². The van der Waals surface area contributed by atoms with Gasteiger partial charge in [0.15, 0.2) is 5.69 Å². The predicted molar refractivity (Wildman–Crippen MR) is 78.6 cm³/mol. The molecule has 0 aromatic carbocycles. The van der Waals surface area contributed by atoms with Gasteiger partial charge in [0, 0.05) is 31.1 Å². The highest BCUT2D eigenvalue weighted by Crippen LogP contribution is 2.32. The van der Waals surface area contributed by atoms with E-state index in [1.54, 1.807) is 4.90 Å². The summed E-state index contributed by atoms with van der Waals surface area (Å²) >= 11 is 0. The van der Waals surface area contributed by atoms with Crippen molar-refractivity contribution in [1.82, 2.24) is 15.1 Å². The number of carbonyl (C=O) groups excluding carboxylic acids is 1. The van der Waals surface area contributed by atoms with E-state index >= 15 is 0 Å². The number of halogens is 3. The molecule has 0 unspecified atom stereocenters. The van der Waals surface area contributed by atoms with E-state index in [0.717, 1.165) is 31.7 Å². The Labute approximate surface area is 132 Å². The van der Waals surface area contributed by atoms with Gasteiger partial charge in [-0.15, -0.1) is 0 Å². The smallest absolute Gasteiger partial charge is 0.342 e. The largest absolute Gasteiger partial charge is 0.435 e. The Morgan fingerprint density at radius 1 is 1.39 bits per heavy atom. The van der Waals surface area contributed by atoms with Gasteiger partial charge in [0.05, 0.1) is 0 Å². The number of hydrogen-bond donors (Lipinski definition) is 1. The number of aromatic amines is 1. The van der Waals surface area contributed by atoms with Crippen LogP contribution in [0.2, 0.25) is 0 Å². The van der Waals surface area contributed by atoms with Crippen molar-refractivity contribution in [3.05, 3.63) is 29.6 Å². The van der Waals surface area contributed by atoms with Crippen molar-refractivity contribution in [2.24, 2.45) is 5.92 Å². The maximum absolute atomic E-state index is 12.6. The first-order valence-corrected chi connectivity index (χ1v) is 8.00. The van der Waals surface area contributed by atoms with Gasteiger partial charge in [0.1, 0.15) is 0 Å². The molecule has 0 spiro atoms. The minimum atomic E-state index is -4.44. The van der Waals surface area contributed by atoms with Gasteiger partial charge in [-0.3, -0.25) is 9.89 Å². The van der Waals surface area contributed by atoms with Gasteiger partial charge < -0.3 is 4.90 Å².